The molecule has 3 aromatic rings. The van der Waals surface area contributed by atoms with Crippen LogP contribution in [0.3, 0.4) is 0 Å². The summed E-state index contributed by atoms with van der Waals surface area (Å²) >= 11 is 0. The summed E-state index contributed by atoms with van der Waals surface area (Å²) in [6, 6.07) is 17.3. The van der Waals surface area contributed by atoms with Crippen LogP contribution in [0.1, 0.15) is 31.9 Å². The summed E-state index contributed by atoms with van der Waals surface area (Å²) in [6.07, 6.45) is 1.91. The van der Waals surface area contributed by atoms with Gasteiger partial charge in [-0.3, -0.25) is 4.99 Å². The van der Waals surface area contributed by atoms with Crippen LogP contribution < -0.4 is 10.6 Å². The lowest BCUT2D eigenvalue weighted by molar-refractivity contribution is 0.481. The summed E-state index contributed by atoms with van der Waals surface area (Å²) < 4.78 is 2.18. The van der Waals surface area contributed by atoms with Crippen molar-refractivity contribution < 1.29 is 0 Å². The first-order valence-corrected chi connectivity index (χ1v) is 9.51. The van der Waals surface area contributed by atoms with Gasteiger partial charge >= 0.3 is 0 Å². The Hall–Kier alpha value is -2.09. The first-order valence-electron chi connectivity index (χ1n) is 9.51. The normalized spacial score (nSPS) is 12.7. The molecule has 0 aliphatic rings. The molecule has 1 atom stereocenters. The van der Waals surface area contributed by atoms with E-state index in [0.717, 1.165) is 30.1 Å². The number of nitrogens with zero attached hydrogens (tertiary/aromatic N) is 3. The SMILES string of the molecule is CN=C(NCc1ccc(Cn2cnc3ccccc32)cc1)NC(C)C(C)C.I. The highest BCUT2D eigenvalue weighted by Gasteiger charge is 2.09. The number of benzene rings is 2. The third-order valence-electron chi connectivity index (χ3n) is 4.95. The zero-order valence-electron chi connectivity index (χ0n) is 17.0. The summed E-state index contributed by atoms with van der Waals surface area (Å²) in [5.41, 5.74) is 4.69. The number of hydrogen-bond acceptors (Lipinski definition) is 2. The Balaban J connectivity index is 0.00000280. The number of guanidine groups is 1. The molecule has 0 fully saturated rings. The number of imidazole rings is 1. The number of aliphatic imine (C=N–C) groups is 1. The van der Waals surface area contributed by atoms with Gasteiger partial charge in [-0.2, -0.15) is 0 Å². The van der Waals surface area contributed by atoms with E-state index in [1.165, 1.54) is 11.1 Å². The van der Waals surface area contributed by atoms with E-state index >= 15 is 0 Å². The van der Waals surface area contributed by atoms with Gasteiger partial charge in [0.05, 0.1) is 17.4 Å². The Morgan fingerprint density at radius 2 is 1.71 bits per heavy atom. The van der Waals surface area contributed by atoms with Gasteiger partial charge in [0, 0.05) is 26.2 Å². The third kappa shape index (κ3) is 5.70. The molecule has 0 aliphatic carbocycles. The fraction of sp³-hybridized carbons (Fsp3) is 0.364. The molecular weight excluding hydrogens is 461 g/mol. The minimum atomic E-state index is 0. The second-order valence-corrected chi connectivity index (χ2v) is 7.28. The molecule has 0 bridgehead atoms. The molecule has 0 aliphatic heterocycles. The molecule has 1 unspecified atom stereocenters. The Kier molecular flexibility index (Phi) is 8.29. The molecule has 28 heavy (non-hydrogen) atoms. The highest BCUT2D eigenvalue weighted by atomic mass is 127. The van der Waals surface area contributed by atoms with E-state index in [2.05, 4.69) is 82.3 Å². The maximum atomic E-state index is 4.46. The first kappa shape index (κ1) is 22.2. The fourth-order valence-electron chi connectivity index (χ4n) is 2.86. The number of nitrogens with one attached hydrogen (secondary N) is 2. The molecule has 150 valence electrons. The number of fused-ring (bicyclic) bond motifs is 1. The van der Waals surface area contributed by atoms with Gasteiger partial charge in [-0.25, -0.2) is 4.98 Å². The quantitative estimate of drug-likeness (QED) is 0.305. The highest BCUT2D eigenvalue weighted by molar-refractivity contribution is 14.0. The fourth-order valence-corrected chi connectivity index (χ4v) is 2.86. The van der Waals surface area contributed by atoms with Crippen molar-refractivity contribution in [3.05, 3.63) is 66.0 Å². The highest BCUT2D eigenvalue weighted by Crippen LogP contribution is 2.14. The van der Waals surface area contributed by atoms with Crippen LogP contribution in [0.2, 0.25) is 0 Å². The van der Waals surface area contributed by atoms with E-state index in [1.54, 1.807) is 7.05 Å². The molecule has 5 nitrogen and oxygen atoms in total. The molecular formula is C22H30IN5. The van der Waals surface area contributed by atoms with Crippen molar-refractivity contribution in [1.82, 2.24) is 20.2 Å². The molecule has 0 spiro atoms. The predicted molar refractivity (Wildman–Crippen MR) is 128 cm³/mol. The zero-order chi connectivity index (χ0) is 19.2. The molecule has 6 heteroatoms. The third-order valence-corrected chi connectivity index (χ3v) is 4.95. The number of para-hydroxylation sites is 2. The van der Waals surface area contributed by atoms with Crippen molar-refractivity contribution >= 4 is 41.0 Å². The van der Waals surface area contributed by atoms with Gasteiger partial charge in [0.25, 0.3) is 0 Å². The average Bonchev–Trinajstić information content (AvgIpc) is 3.09. The molecule has 1 aromatic heterocycles. The lowest BCUT2D eigenvalue weighted by atomic mass is 10.1. The Morgan fingerprint density at radius 3 is 2.39 bits per heavy atom. The van der Waals surface area contributed by atoms with Gasteiger partial charge in [0.1, 0.15) is 0 Å². The van der Waals surface area contributed by atoms with Crippen LogP contribution in [0.15, 0.2) is 59.9 Å². The van der Waals surface area contributed by atoms with Crippen molar-refractivity contribution in [3.63, 3.8) is 0 Å². The van der Waals surface area contributed by atoms with Crippen LogP contribution >= 0.6 is 24.0 Å². The molecule has 3 rings (SSSR count). The Bertz CT molecular complexity index is 899. The predicted octanol–water partition coefficient (Wildman–Crippen LogP) is 4.41. The lowest BCUT2D eigenvalue weighted by Gasteiger charge is -2.20. The Morgan fingerprint density at radius 1 is 1.04 bits per heavy atom. The summed E-state index contributed by atoms with van der Waals surface area (Å²) in [5.74, 6) is 1.40. The first-order chi connectivity index (χ1) is 13.1. The van der Waals surface area contributed by atoms with Crippen molar-refractivity contribution in [3.8, 4) is 0 Å². The van der Waals surface area contributed by atoms with Crippen LogP contribution in [0.5, 0.6) is 0 Å². The molecule has 0 amide bonds. The molecule has 1 heterocycles. The minimum Gasteiger partial charge on any atom is -0.354 e. The Labute approximate surface area is 184 Å². The van der Waals surface area contributed by atoms with Crippen LogP contribution in [0, 0.1) is 5.92 Å². The average molecular weight is 491 g/mol. The number of rotatable bonds is 6. The minimum absolute atomic E-state index is 0. The standard InChI is InChI=1S/C22H29N5.HI/c1-16(2)17(3)26-22(23-4)24-13-18-9-11-19(12-10-18)14-27-15-25-20-7-5-6-8-21(20)27;/h5-12,15-17H,13-14H2,1-4H3,(H2,23,24,26);1H. The summed E-state index contributed by atoms with van der Waals surface area (Å²) in [6.45, 7) is 8.15. The van der Waals surface area contributed by atoms with Gasteiger partial charge in [-0.15, -0.1) is 24.0 Å². The number of aromatic nitrogens is 2. The van der Waals surface area contributed by atoms with E-state index in [9.17, 15) is 0 Å². The number of halogens is 1. The monoisotopic (exact) mass is 491 g/mol. The second kappa shape index (κ2) is 10.5. The molecule has 0 saturated heterocycles. The molecule has 2 N–H and O–H groups in total. The zero-order valence-corrected chi connectivity index (χ0v) is 19.3. The summed E-state index contributed by atoms with van der Waals surface area (Å²) in [4.78, 5) is 8.77. The van der Waals surface area contributed by atoms with Gasteiger partial charge in [-0.05, 0) is 36.1 Å². The van der Waals surface area contributed by atoms with Crippen LogP contribution in [0.25, 0.3) is 11.0 Å². The summed E-state index contributed by atoms with van der Waals surface area (Å²) in [5, 5.41) is 6.81. The van der Waals surface area contributed by atoms with Crippen molar-refractivity contribution in [2.75, 3.05) is 7.05 Å². The van der Waals surface area contributed by atoms with Crippen molar-refractivity contribution in [2.45, 2.75) is 39.9 Å². The maximum absolute atomic E-state index is 4.46. The molecule has 2 aromatic carbocycles. The summed E-state index contributed by atoms with van der Waals surface area (Å²) in [7, 11) is 1.81. The van der Waals surface area contributed by atoms with E-state index in [4.69, 9.17) is 0 Å². The van der Waals surface area contributed by atoms with Crippen LogP contribution in [-0.2, 0) is 13.1 Å². The van der Waals surface area contributed by atoms with Crippen LogP contribution in [0.4, 0.5) is 0 Å². The van der Waals surface area contributed by atoms with Crippen molar-refractivity contribution in [1.29, 1.82) is 0 Å². The van der Waals surface area contributed by atoms with Gasteiger partial charge < -0.3 is 15.2 Å². The number of hydrogen-bond donors (Lipinski definition) is 2. The largest absolute Gasteiger partial charge is 0.354 e. The lowest BCUT2D eigenvalue weighted by Crippen LogP contribution is -2.43. The van der Waals surface area contributed by atoms with Crippen LogP contribution in [-0.4, -0.2) is 28.6 Å². The van der Waals surface area contributed by atoms with Gasteiger partial charge in [0.15, 0.2) is 5.96 Å². The van der Waals surface area contributed by atoms with Crippen molar-refractivity contribution in [2.24, 2.45) is 10.9 Å². The van der Waals surface area contributed by atoms with Gasteiger partial charge in [-0.1, -0.05) is 50.2 Å². The second-order valence-electron chi connectivity index (χ2n) is 7.28. The van der Waals surface area contributed by atoms with Gasteiger partial charge in [0.2, 0.25) is 0 Å². The van der Waals surface area contributed by atoms with E-state index in [0.29, 0.717) is 12.0 Å². The smallest absolute Gasteiger partial charge is 0.191 e. The van der Waals surface area contributed by atoms with E-state index < -0.39 is 0 Å². The topological polar surface area (TPSA) is 54.2 Å². The van der Waals surface area contributed by atoms with E-state index in [1.807, 2.05) is 18.5 Å². The molecule has 0 radical (unpaired) electrons. The molecule has 0 saturated carbocycles. The van der Waals surface area contributed by atoms with E-state index in [-0.39, 0.29) is 24.0 Å². The maximum Gasteiger partial charge on any atom is 0.191 e.